The van der Waals surface area contributed by atoms with Gasteiger partial charge >= 0.3 is 0 Å². The van der Waals surface area contributed by atoms with E-state index in [2.05, 4.69) is 15.4 Å². The molecule has 1 aliphatic rings. The van der Waals surface area contributed by atoms with Crippen LogP contribution in [0, 0.1) is 0 Å². The average molecular weight is 201 g/mol. The van der Waals surface area contributed by atoms with Crippen LogP contribution in [-0.2, 0) is 7.05 Å². The molecule has 1 aliphatic carbocycles. The SMILES string of the molecule is Cn1nnc(C2CCCCC2Cl)n1. The molecule has 72 valence electrons. The van der Waals surface area contributed by atoms with Crippen molar-refractivity contribution in [2.45, 2.75) is 37.0 Å². The molecule has 0 saturated heterocycles. The zero-order valence-corrected chi connectivity index (χ0v) is 8.41. The van der Waals surface area contributed by atoms with Gasteiger partial charge in [-0.25, -0.2) is 0 Å². The van der Waals surface area contributed by atoms with E-state index < -0.39 is 0 Å². The Hall–Kier alpha value is -0.640. The van der Waals surface area contributed by atoms with E-state index in [9.17, 15) is 0 Å². The van der Waals surface area contributed by atoms with Gasteiger partial charge in [0.1, 0.15) is 0 Å². The minimum absolute atomic E-state index is 0.193. The van der Waals surface area contributed by atoms with E-state index in [4.69, 9.17) is 11.6 Å². The van der Waals surface area contributed by atoms with Crippen molar-refractivity contribution < 1.29 is 0 Å². The standard InChI is InChI=1S/C8H13ClN4/c1-13-11-8(10-12-13)6-4-2-3-5-7(6)9/h6-7H,2-5H2,1H3. The first-order valence-electron chi connectivity index (χ1n) is 4.65. The molecule has 13 heavy (non-hydrogen) atoms. The van der Waals surface area contributed by atoms with E-state index in [1.807, 2.05) is 0 Å². The summed E-state index contributed by atoms with van der Waals surface area (Å²) in [5, 5.41) is 12.2. The maximum atomic E-state index is 6.21. The maximum absolute atomic E-state index is 6.21. The van der Waals surface area contributed by atoms with Crippen molar-refractivity contribution in [1.29, 1.82) is 0 Å². The molecule has 1 aromatic rings. The molecule has 2 rings (SSSR count). The van der Waals surface area contributed by atoms with Gasteiger partial charge in [-0.3, -0.25) is 0 Å². The number of hydrogen-bond donors (Lipinski definition) is 0. The van der Waals surface area contributed by atoms with Gasteiger partial charge < -0.3 is 0 Å². The van der Waals surface area contributed by atoms with Crippen molar-refractivity contribution in [3.05, 3.63) is 5.82 Å². The van der Waals surface area contributed by atoms with Gasteiger partial charge in [0.15, 0.2) is 5.82 Å². The van der Waals surface area contributed by atoms with Crippen LogP contribution in [0.15, 0.2) is 0 Å². The molecule has 0 bridgehead atoms. The lowest BCUT2D eigenvalue weighted by Crippen LogP contribution is -2.19. The van der Waals surface area contributed by atoms with Crippen LogP contribution in [0.2, 0.25) is 0 Å². The molecule has 5 heteroatoms. The number of aryl methyl sites for hydroxylation is 1. The van der Waals surface area contributed by atoms with Gasteiger partial charge in [-0.15, -0.1) is 21.8 Å². The number of alkyl halides is 1. The Morgan fingerprint density at radius 3 is 2.77 bits per heavy atom. The summed E-state index contributed by atoms with van der Waals surface area (Å²) in [5.41, 5.74) is 0. The molecule has 1 heterocycles. The van der Waals surface area contributed by atoms with Crippen LogP contribution in [0.3, 0.4) is 0 Å². The van der Waals surface area contributed by atoms with E-state index in [1.54, 1.807) is 7.05 Å². The largest absolute Gasteiger partial charge is 0.179 e. The fraction of sp³-hybridized carbons (Fsp3) is 0.875. The first-order chi connectivity index (χ1) is 6.27. The molecular formula is C8H13ClN4. The Kier molecular flexibility index (Phi) is 2.49. The van der Waals surface area contributed by atoms with Crippen LogP contribution in [-0.4, -0.2) is 25.6 Å². The van der Waals surface area contributed by atoms with Crippen LogP contribution >= 0.6 is 11.6 Å². The molecule has 0 radical (unpaired) electrons. The third kappa shape index (κ3) is 1.82. The number of rotatable bonds is 1. The van der Waals surface area contributed by atoms with Crippen molar-refractivity contribution in [3.63, 3.8) is 0 Å². The van der Waals surface area contributed by atoms with Gasteiger partial charge in [0.05, 0.1) is 7.05 Å². The topological polar surface area (TPSA) is 43.6 Å². The Labute approximate surface area is 82.3 Å². The predicted octanol–water partition coefficient (Wildman–Crippen LogP) is 1.48. The highest BCUT2D eigenvalue weighted by Crippen LogP contribution is 2.34. The summed E-state index contributed by atoms with van der Waals surface area (Å²) in [7, 11) is 1.78. The molecule has 0 N–H and O–H groups in total. The predicted molar refractivity (Wildman–Crippen MR) is 49.6 cm³/mol. The smallest absolute Gasteiger partial charge is 0.167 e. The molecule has 2 atom stereocenters. The number of aromatic nitrogens is 4. The third-order valence-corrected chi connectivity index (χ3v) is 3.06. The molecule has 0 aliphatic heterocycles. The van der Waals surface area contributed by atoms with Gasteiger partial charge in [0.2, 0.25) is 0 Å². The van der Waals surface area contributed by atoms with Crippen molar-refractivity contribution in [3.8, 4) is 0 Å². The average Bonchev–Trinajstić information content (AvgIpc) is 2.53. The number of halogens is 1. The van der Waals surface area contributed by atoms with E-state index in [0.29, 0.717) is 5.92 Å². The molecule has 1 fully saturated rings. The summed E-state index contributed by atoms with van der Waals surface area (Å²) >= 11 is 6.21. The van der Waals surface area contributed by atoms with Crippen LogP contribution in [0.25, 0.3) is 0 Å². The Morgan fingerprint density at radius 2 is 2.15 bits per heavy atom. The second-order valence-corrected chi connectivity index (χ2v) is 4.10. The lowest BCUT2D eigenvalue weighted by atomic mass is 9.88. The summed E-state index contributed by atoms with van der Waals surface area (Å²) in [5.74, 6) is 1.12. The van der Waals surface area contributed by atoms with E-state index >= 15 is 0 Å². The summed E-state index contributed by atoms with van der Waals surface area (Å²) < 4.78 is 0. The van der Waals surface area contributed by atoms with Crippen molar-refractivity contribution in [2.24, 2.45) is 7.05 Å². The molecule has 4 nitrogen and oxygen atoms in total. The lowest BCUT2D eigenvalue weighted by molar-refractivity contribution is 0.434. The number of nitrogens with zero attached hydrogens (tertiary/aromatic N) is 4. The summed E-state index contributed by atoms with van der Waals surface area (Å²) in [6.45, 7) is 0. The molecule has 2 unspecified atom stereocenters. The second-order valence-electron chi connectivity index (χ2n) is 3.54. The van der Waals surface area contributed by atoms with Gasteiger partial charge in [0, 0.05) is 11.3 Å². The maximum Gasteiger partial charge on any atom is 0.179 e. The quantitative estimate of drug-likeness (QED) is 0.645. The molecule has 0 spiro atoms. The fourth-order valence-electron chi connectivity index (χ4n) is 1.82. The van der Waals surface area contributed by atoms with Crippen LogP contribution < -0.4 is 0 Å². The first-order valence-corrected chi connectivity index (χ1v) is 5.09. The highest BCUT2D eigenvalue weighted by molar-refractivity contribution is 6.21. The van der Waals surface area contributed by atoms with Gasteiger partial charge in [-0.1, -0.05) is 12.8 Å². The monoisotopic (exact) mass is 200 g/mol. The zero-order chi connectivity index (χ0) is 9.26. The summed E-state index contributed by atoms with van der Waals surface area (Å²) in [6.07, 6.45) is 4.63. The minimum atomic E-state index is 0.193. The van der Waals surface area contributed by atoms with Crippen LogP contribution in [0.1, 0.15) is 37.4 Å². The molecule has 0 amide bonds. The Balaban J connectivity index is 2.14. The Morgan fingerprint density at radius 1 is 1.38 bits per heavy atom. The third-order valence-electron chi connectivity index (χ3n) is 2.54. The van der Waals surface area contributed by atoms with Crippen LogP contribution in [0.5, 0.6) is 0 Å². The van der Waals surface area contributed by atoms with Gasteiger partial charge in [-0.2, -0.15) is 4.80 Å². The van der Waals surface area contributed by atoms with Crippen molar-refractivity contribution in [2.75, 3.05) is 0 Å². The zero-order valence-electron chi connectivity index (χ0n) is 7.65. The van der Waals surface area contributed by atoms with Crippen LogP contribution in [0.4, 0.5) is 0 Å². The van der Waals surface area contributed by atoms with E-state index in [1.165, 1.54) is 17.6 Å². The molecule has 0 aromatic carbocycles. The van der Waals surface area contributed by atoms with E-state index in [0.717, 1.165) is 18.7 Å². The number of tetrazole rings is 1. The van der Waals surface area contributed by atoms with Crippen molar-refractivity contribution >= 4 is 11.6 Å². The summed E-state index contributed by atoms with van der Waals surface area (Å²) in [6, 6.07) is 0. The fourth-order valence-corrected chi connectivity index (χ4v) is 2.22. The van der Waals surface area contributed by atoms with Crippen molar-refractivity contribution in [1.82, 2.24) is 20.2 Å². The lowest BCUT2D eigenvalue weighted by Gasteiger charge is -2.23. The van der Waals surface area contributed by atoms with Gasteiger partial charge in [-0.05, 0) is 18.1 Å². The molecular weight excluding hydrogens is 188 g/mol. The highest BCUT2D eigenvalue weighted by Gasteiger charge is 2.27. The highest BCUT2D eigenvalue weighted by atomic mass is 35.5. The second kappa shape index (κ2) is 3.62. The molecule has 1 saturated carbocycles. The summed E-state index contributed by atoms with van der Waals surface area (Å²) in [4.78, 5) is 1.49. The molecule has 1 aromatic heterocycles. The first kappa shape index (κ1) is 8.94. The number of hydrogen-bond acceptors (Lipinski definition) is 3. The normalized spacial score (nSPS) is 29.1. The van der Waals surface area contributed by atoms with E-state index in [-0.39, 0.29) is 5.38 Å². The van der Waals surface area contributed by atoms with Gasteiger partial charge in [0.25, 0.3) is 0 Å². The Bertz CT molecular complexity index is 285. The minimum Gasteiger partial charge on any atom is -0.167 e.